The Bertz CT molecular complexity index is 310. The molecule has 0 bridgehead atoms. The van der Waals surface area contributed by atoms with Crippen molar-refractivity contribution in [3.05, 3.63) is 24.2 Å². The van der Waals surface area contributed by atoms with Gasteiger partial charge in [0.25, 0.3) is 0 Å². The summed E-state index contributed by atoms with van der Waals surface area (Å²) < 4.78 is 5.64. The van der Waals surface area contributed by atoms with Crippen molar-refractivity contribution in [3.63, 3.8) is 0 Å². The molecule has 0 saturated carbocycles. The number of hydrogen-bond acceptors (Lipinski definition) is 3. The second-order valence-corrected chi connectivity index (χ2v) is 4.99. The minimum absolute atomic E-state index is 0.387. The molecule has 0 aliphatic carbocycles. The maximum absolute atomic E-state index is 5.96. The highest BCUT2D eigenvalue weighted by atomic mass is 16.3. The first-order valence-electron chi connectivity index (χ1n) is 6.84. The summed E-state index contributed by atoms with van der Waals surface area (Å²) in [5.74, 6) is 1.63. The van der Waals surface area contributed by atoms with Crippen LogP contribution < -0.4 is 5.73 Å². The molecule has 2 N–H and O–H groups in total. The van der Waals surface area contributed by atoms with E-state index in [1.165, 1.54) is 32.2 Å². The molecule has 1 aliphatic rings. The molecule has 0 aromatic carbocycles. The minimum Gasteiger partial charge on any atom is -0.468 e. The Hall–Kier alpha value is -0.800. The predicted octanol–water partition coefficient (Wildman–Crippen LogP) is 2.79. The molecule has 0 radical (unpaired) electrons. The highest BCUT2D eigenvalue weighted by Gasteiger charge is 2.31. The summed E-state index contributed by atoms with van der Waals surface area (Å²) >= 11 is 0. The summed E-state index contributed by atoms with van der Waals surface area (Å²) in [6.45, 7) is 5.31. The van der Waals surface area contributed by atoms with Crippen LogP contribution in [0.1, 0.15) is 44.4 Å². The molecule has 0 amide bonds. The van der Waals surface area contributed by atoms with E-state index < -0.39 is 0 Å². The van der Waals surface area contributed by atoms with Crippen LogP contribution in [0.25, 0.3) is 0 Å². The maximum Gasteiger partial charge on any atom is 0.121 e. The van der Waals surface area contributed by atoms with Crippen molar-refractivity contribution in [1.29, 1.82) is 0 Å². The fourth-order valence-electron chi connectivity index (χ4n) is 2.97. The zero-order valence-electron chi connectivity index (χ0n) is 10.8. The van der Waals surface area contributed by atoms with Crippen LogP contribution in [-0.2, 0) is 0 Å². The van der Waals surface area contributed by atoms with Gasteiger partial charge >= 0.3 is 0 Å². The first-order chi connectivity index (χ1) is 8.36. The Morgan fingerprint density at radius 3 is 3.00 bits per heavy atom. The number of hydrogen-bond donors (Lipinski definition) is 1. The summed E-state index contributed by atoms with van der Waals surface area (Å²) in [7, 11) is 0. The maximum atomic E-state index is 5.96. The molecule has 1 fully saturated rings. The van der Waals surface area contributed by atoms with Gasteiger partial charge in [0.05, 0.1) is 12.3 Å². The van der Waals surface area contributed by atoms with E-state index in [4.69, 9.17) is 10.2 Å². The van der Waals surface area contributed by atoms with Gasteiger partial charge in [-0.05, 0) is 56.9 Å². The Morgan fingerprint density at radius 1 is 1.47 bits per heavy atom. The molecule has 2 heterocycles. The number of likely N-dealkylation sites (tertiary alicyclic amines) is 1. The average molecular weight is 236 g/mol. The molecule has 3 heteroatoms. The van der Waals surface area contributed by atoms with E-state index in [1.54, 1.807) is 6.26 Å². The average Bonchev–Trinajstić information content (AvgIpc) is 2.78. The summed E-state index contributed by atoms with van der Waals surface area (Å²) in [5.41, 5.74) is 5.96. The van der Waals surface area contributed by atoms with Crippen LogP contribution in [0.2, 0.25) is 0 Å². The van der Waals surface area contributed by atoms with E-state index in [9.17, 15) is 0 Å². The van der Waals surface area contributed by atoms with Gasteiger partial charge in [0.15, 0.2) is 0 Å². The summed E-state index contributed by atoms with van der Waals surface area (Å²) in [4.78, 5) is 2.56. The zero-order chi connectivity index (χ0) is 12.1. The van der Waals surface area contributed by atoms with Gasteiger partial charge in [0, 0.05) is 0 Å². The van der Waals surface area contributed by atoms with Crippen molar-refractivity contribution in [2.75, 3.05) is 19.6 Å². The second-order valence-electron chi connectivity index (χ2n) is 4.99. The largest absolute Gasteiger partial charge is 0.468 e. The van der Waals surface area contributed by atoms with E-state index in [-0.39, 0.29) is 0 Å². The Morgan fingerprint density at radius 2 is 2.35 bits per heavy atom. The highest BCUT2D eigenvalue weighted by molar-refractivity contribution is 5.07. The fraction of sp³-hybridized carbons (Fsp3) is 0.714. The predicted molar refractivity (Wildman–Crippen MR) is 69.7 cm³/mol. The molecular weight excluding hydrogens is 212 g/mol. The lowest BCUT2D eigenvalue weighted by atomic mass is 9.93. The van der Waals surface area contributed by atoms with Gasteiger partial charge in [-0.25, -0.2) is 0 Å². The lowest BCUT2D eigenvalue weighted by Crippen LogP contribution is -2.36. The standard InChI is InChI=1S/C14H24N2O/c1-2-8-16-9-4-3-6-12(11-15)14(16)13-7-5-10-17-13/h5,7,10,12,14H,2-4,6,8-9,11,15H2,1H3. The van der Waals surface area contributed by atoms with Crippen LogP contribution >= 0.6 is 0 Å². The lowest BCUT2D eigenvalue weighted by molar-refractivity contribution is 0.136. The number of nitrogens with two attached hydrogens (primary N) is 1. The number of furan rings is 1. The van der Waals surface area contributed by atoms with E-state index >= 15 is 0 Å². The Kier molecular flexibility index (Phi) is 4.63. The zero-order valence-corrected chi connectivity index (χ0v) is 10.8. The van der Waals surface area contributed by atoms with Gasteiger partial charge in [-0.2, -0.15) is 0 Å². The molecule has 1 aromatic heterocycles. The van der Waals surface area contributed by atoms with Crippen molar-refractivity contribution in [3.8, 4) is 0 Å². The summed E-state index contributed by atoms with van der Waals surface area (Å²) in [6.07, 6.45) is 6.77. The van der Waals surface area contributed by atoms with Crippen molar-refractivity contribution >= 4 is 0 Å². The molecule has 2 rings (SSSR count). The van der Waals surface area contributed by atoms with Crippen LogP contribution in [0, 0.1) is 5.92 Å². The molecule has 1 saturated heterocycles. The van der Waals surface area contributed by atoms with E-state index in [1.807, 2.05) is 6.07 Å². The smallest absolute Gasteiger partial charge is 0.121 e. The third kappa shape index (κ3) is 2.90. The van der Waals surface area contributed by atoms with E-state index in [0.717, 1.165) is 18.8 Å². The van der Waals surface area contributed by atoms with Crippen molar-refractivity contribution in [2.45, 2.75) is 38.6 Å². The van der Waals surface area contributed by atoms with Crippen molar-refractivity contribution in [2.24, 2.45) is 11.7 Å². The summed E-state index contributed by atoms with van der Waals surface area (Å²) in [5, 5.41) is 0. The van der Waals surface area contributed by atoms with Crippen LogP contribution in [0.15, 0.2) is 22.8 Å². The molecule has 1 aliphatic heterocycles. The lowest BCUT2D eigenvalue weighted by Gasteiger charge is -2.32. The Balaban J connectivity index is 2.22. The van der Waals surface area contributed by atoms with Gasteiger partial charge in [-0.3, -0.25) is 4.90 Å². The molecule has 1 aromatic rings. The van der Waals surface area contributed by atoms with Crippen LogP contribution in [0.3, 0.4) is 0 Å². The SMILES string of the molecule is CCCN1CCCCC(CN)C1c1ccco1. The number of rotatable bonds is 4. The molecule has 2 unspecified atom stereocenters. The van der Waals surface area contributed by atoms with Gasteiger partial charge in [0.1, 0.15) is 5.76 Å². The molecule has 0 spiro atoms. The summed E-state index contributed by atoms with van der Waals surface area (Å²) in [6, 6.07) is 4.47. The highest BCUT2D eigenvalue weighted by Crippen LogP contribution is 2.34. The van der Waals surface area contributed by atoms with E-state index in [0.29, 0.717) is 12.0 Å². The minimum atomic E-state index is 0.387. The normalized spacial score (nSPS) is 26.9. The first-order valence-corrected chi connectivity index (χ1v) is 6.84. The number of nitrogens with zero attached hydrogens (tertiary/aromatic N) is 1. The Labute approximate surface area is 104 Å². The van der Waals surface area contributed by atoms with Gasteiger partial charge < -0.3 is 10.2 Å². The topological polar surface area (TPSA) is 42.4 Å². The van der Waals surface area contributed by atoms with Crippen LogP contribution in [0.4, 0.5) is 0 Å². The third-order valence-corrected chi connectivity index (χ3v) is 3.76. The molecular formula is C14H24N2O. The van der Waals surface area contributed by atoms with Gasteiger partial charge in [0.2, 0.25) is 0 Å². The quantitative estimate of drug-likeness (QED) is 0.874. The monoisotopic (exact) mass is 236 g/mol. The first kappa shape index (κ1) is 12.7. The molecule has 96 valence electrons. The van der Waals surface area contributed by atoms with Crippen molar-refractivity contribution in [1.82, 2.24) is 4.90 Å². The van der Waals surface area contributed by atoms with Gasteiger partial charge in [-0.15, -0.1) is 0 Å². The fourth-order valence-corrected chi connectivity index (χ4v) is 2.97. The molecule has 3 nitrogen and oxygen atoms in total. The van der Waals surface area contributed by atoms with E-state index in [2.05, 4.69) is 17.9 Å². The van der Waals surface area contributed by atoms with Crippen LogP contribution in [-0.4, -0.2) is 24.5 Å². The van der Waals surface area contributed by atoms with Crippen molar-refractivity contribution < 1.29 is 4.42 Å². The van der Waals surface area contributed by atoms with Gasteiger partial charge in [-0.1, -0.05) is 13.3 Å². The molecule has 2 atom stereocenters. The third-order valence-electron chi connectivity index (χ3n) is 3.76. The second kappa shape index (κ2) is 6.22. The molecule has 17 heavy (non-hydrogen) atoms. The van der Waals surface area contributed by atoms with Crippen LogP contribution in [0.5, 0.6) is 0 Å².